The van der Waals surface area contributed by atoms with Crippen molar-refractivity contribution in [1.29, 1.82) is 0 Å². The summed E-state index contributed by atoms with van der Waals surface area (Å²) < 4.78 is 0. The molecule has 0 aliphatic carbocycles. The number of likely N-dealkylation sites (N-methyl/N-ethyl adjacent to an activating group) is 2. The minimum absolute atomic E-state index is 0.0378. The van der Waals surface area contributed by atoms with Crippen molar-refractivity contribution >= 4 is 11.8 Å². The van der Waals surface area contributed by atoms with Crippen LogP contribution >= 0.6 is 0 Å². The topological polar surface area (TPSA) is 66.6 Å². The average molecular weight is 229 g/mol. The molecular formula is C11H23N3O2. The van der Waals surface area contributed by atoms with E-state index in [0.29, 0.717) is 19.5 Å². The van der Waals surface area contributed by atoms with Crippen molar-refractivity contribution in [1.82, 2.24) is 9.80 Å². The molecule has 0 heterocycles. The van der Waals surface area contributed by atoms with Gasteiger partial charge in [0.2, 0.25) is 11.8 Å². The molecule has 0 aromatic rings. The maximum absolute atomic E-state index is 11.7. The van der Waals surface area contributed by atoms with Gasteiger partial charge in [0, 0.05) is 20.1 Å². The van der Waals surface area contributed by atoms with Gasteiger partial charge < -0.3 is 15.5 Å². The lowest BCUT2D eigenvalue weighted by molar-refractivity contribution is -0.139. The molecule has 2 amide bonds. The Bertz CT molecular complexity index is 239. The lowest BCUT2D eigenvalue weighted by atomic mass is 10.2. The van der Waals surface area contributed by atoms with Gasteiger partial charge in [0.05, 0.1) is 12.6 Å². The van der Waals surface area contributed by atoms with Crippen LogP contribution in [0, 0.1) is 0 Å². The second-order valence-electron chi connectivity index (χ2n) is 3.78. The molecule has 0 aliphatic heterocycles. The number of nitrogens with zero attached hydrogens (tertiary/aromatic N) is 2. The largest absolute Gasteiger partial charge is 0.342 e. The van der Waals surface area contributed by atoms with E-state index in [9.17, 15) is 9.59 Å². The zero-order valence-electron chi connectivity index (χ0n) is 10.7. The van der Waals surface area contributed by atoms with Gasteiger partial charge in [-0.2, -0.15) is 0 Å². The predicted molar refractivity (Wildman–Crippen MR) is 63.8 cm³/mol. The molecular weight excluding hydrogens is 206 g/mol. The highest BCUT2D eigenvalue weighted by Gasteiger charge is 2.20. The van der Waals surface area contributed by atoms with Crippen molar-refractivity contribution in [3.8, 4) is 0 Å². The monoisotopic (exact) mass is 229 g/mol. The molecule has 0 saturated carbocycles. The fourth-order valence-electron chi connectivity index (χ4n) is 1.41. The Morgan fingerprint density at radius 1 is 1.19 bits per heavy atom. The highest BCUT2D eigenvalue weighted by molar-refractivity contribution is 5.87. The Morgan fingerprint density at radius 2 is 1.69 bits per heavy atom. The number of hydrogen-bond donors (Lipinski definition) is 1. The summed E-state index contributed by atoms with van der Waals surface area (Å²) in [5.74, 6) is -0.216. The summed E-state index contributed by atoms with van der Waals surface area (Å²) in [6.45, 7) is 7.12. The number of nitrogens with two attached hydrogens (primary N) is 1. The number of carbonyl (C=O) groups excluding carboxylic acids is 2. The summed E-state index contributed by atoms with van der Waals surface area (Å²) in [5.41, 5.74) is 5.62. The van der Waals surface area contributed by atoms with E-state index >= 15 is 0 Å². The summed E-state index contributed by atoms with van der Waals surface area (Å²) in [5, 5.41) is 0. The van der Waals surface area contributed by atoms with Crippen LogP contribution in [0.5, 0.6) is 0 Å². The van der Waals surface area contributed by atoms with E-state index in [1.165, 1.54) is 4.90 Å². The second kappa shape index (κ2) is 7.22. The molecule has 0 aromatic heterocycles. The van der Waals surface area contributed by atoms with Gasteiger partial charge in [-0.25, -0.2) is 0 Å². The zero-order valence-corrected chi connectivity index (χ0v) is 10.7. The van der Waals surface area contributed by atoms with Crippen LogP contribution < -0.4 is 5.73 Å². The Hall–Kier alpha value is -1.10. The van der Waals surface area contributed by atoms with E-state index in [0.717, 1.165) is 0 Å². The molecule has 1 unspecified atom stereocenters. The van der Waals surface area contributed by atoms with Crippen LogP contribution in [-0.2, 0) is 9.59 Å². The highest BCUT2D eigenvalue weighted by atomic mass is 16.2. The molecule has 5 heteroatoms. The summed E-state index contributed by atoms with van der Waals surface area (Å²) in [7, 11) is 1.61. The quantitative estimate of drug-likeness (QED) is 0.700. The van der Waals surface area contributed by atoms with Gasteiger partial charge >= 0.3 is 0 Å². The van der Waals surface area contributed by atoms with Gasteiger partial charge in [0.1, 0.15) is 0 Å². The summed E-state index contributed by atoms with van der Waals surface area (Å²) >= 11 is 0. The first-order valence-corrected chi connectivity index (χ1v) is 5.76. The van der Waals surface area contributed by atoms with Gasteiger partial charge in [0.15, 0.2) is 0 Å². The molecule has 0 spiro atoms. The fourth-order valence-corrected chi connectivity index (χ4v) is 1.41. The maximum Gasteiger partial charge on any atom is 0.242 e. The lowest BCUT2D eigenvalue weighted by Gasteiger charge is -2.24. The van der Waals surface area contributed by atoms with Crippen LogP contribution in [0.2, 0.25) is 0 Å². The summed E-state index contributed by atoms with van der Waals surface area (Å²) in [6.07, 6.45) is 0.586. The molecule has 2 N–H and O–H groups in total. The summed E-state index contributed by atoms with van der Waals surface area (Å²) in [4.78, 5) is 26.5. The van der Waals surface area contributed by atoms with Gasteiger partial charge in [-0.15, -0.1) is 0 Å². The van der Waals surface area contributed by atoms with E-state index in [4.69, 9.17) is 5.73 Å². The molecule has 1 atom stereocenters. The molecule has 0 saturated heterocycles. The van der Waals surface area contributed by atoms with Gasteiger partial charge in [-0.05, 0) is 20.3 Å². The third-order valence-corrected chi connectivity index (χ3v) is 2.62. The molecule has 0 radical (unpaired) electrons. The normalized spacial score (nSPS) is 12.1. The SMILES string of the molecule is CCC(N)C(=O)N(C)CC(=O)N(CC)CC. The third kappa shape index (κ3) is 4.18. The number of carbonyl (C=O) groups is 2. The first kappa shape index (κ1) is 14.9. The molecule has 0 bridgehead atoms. The Labute approximate surface area is 97.6 Å². The van der Waals surface area contributed by atoms with Crippen LogP contribution in [0.15, 0.2) is 0 Å². The molecule has 5 nitrogen and oxygen atoms in total. The van der Waals surface area contributed by atoms with Gasteiger partial charge in [-0.1, -0.05) is 6.92 Å². The molecule has 0 rings (SSSR count). The summed E-state index contributed by atoms with van der Waals surface area (Å²) in [6, 6.07) is -0.505. The van der Waals surface area contributed by atoms with Crippen LogP contribution in [-0.4, -0.2) is 54.3 Å². The van der Waals surface area contributed by atoms with E-state index in [1.807, 2.05) is 20.8 Å². The van der Waals surface area contributed by atoms with Gasteiger partial charge in [0.25, 0.3) is 0 Å². The van der Waals surface area contributed by atoms with E-state index in [-0.39, 0.29) is 18.4 Å². The molecule has 16 heavy (non-hydrogen) atoms. The Balaban J connectivity index is 4.28. The van der Waals surface area contributed by atoms with Crippen molar-refractivity contribution < 1.29 is 9.59 Å². The minimum Gasteiger partial charge on any atom is -0.342 e. The number of rotatable bonds is 6. The average Bonchev–Trinajstić information content (AvgIpc) is 2.28. The highest BCUT2D eigenvalue weighted by Crippen LogP contribution is 1.97. The molecule has 0 aliphatic rings. The first-order chi connectivity index (χ1) is 7.47. The van der Waals surface area contributed by atoms with Crippen molar-refractivity contribution in [3.05, 3.63) is 0 Å². The number of hydrogen-bond acceptors (Lipinski definition) is 3. The van der Waals surface area contributed by atoms with Crippen molar-refractivity contribution in [2.75, 3.05) is 26.7 Å². The second-order valence-corrected chi connectivity index (χ2v) is 3.78. The van der Waals surface area contributed by atoms with Crippen molar-refractivity contribution in [2.24, 2.45) is 5.73 Å². The van der Waals surface area contributed by atoms with Crippen molar-refractivity contribution in [2.45, 2.75) is 33.2 Å². The smallest absolute Gasteiger partial charge is 0.242 e. The third-order valence-electron chi connectivity index (χ3n) is 2.62. The standard InChI is InChI=1S/C11H23N3O2/c1-5-9(12)11(16)13(4)8-10(15)14(6-2)7-3/h9H,5-8,12H2,1-4H3. The molecule has 94 valence electrons. The fraction of sp³-hybridized carbons (Fsp3) is 0.818. The van der Waals surface area contributed by atoms with Gasteiger partial charge in [-0.3, -0.25) is 9.59 Å². The van der Waals surface area contributed by atoms with E-state index < -0.39 is 6.04 Å². The lowest BCUT2D eigenvalue weighted by Crippen LogP contribution is -2.46. The van der Waals surface area contributed by atoms with Crippen LogP contribution in [0.1, 0.15) is 27.2 Å². The zero-order chi connectivity index (χ0) is 12.7. The maximum atomic E-state index is 11.7. The molecule has 0 fully saturated rings. The Morgan fingerprint density at radius 3 is 2.06 bits per heavy atom. The number of amides is 2. The Kier molecular flexibility index (Phi) is 6.72. The van der Waals surface area contributed by atoms with Crippen LogP contribution in [0.25, 0.3) is 0 Å². The minimum atomic E-state index is -0.505. The predicted octanol–water partition coefficient (Wildman–Crippen LogP) is 0.0505. The van der Waals surface area contributed by atoms with Crippen LogP contribution in [0.3, 0.4) is 0 Å². The van der Waals surface area contributed by atoms with Crippen LogP contribution in [0.4, 0.5) is 0 Å². The van der Waals surface area contributed by atoms with E-state index in [1.54, 1.807) is 11.9 Å². The molecule has 0 aromatic carbocycles. The first-order valence-electron chi connectivity index (χ1n) is 5.76. The van der Waals surface area contributed by atoms with E-state index in [2.05, 4.69) is 0 Å². The van der Waals surface area contributed by atoms with Crippen molar-refractivity contribution in [3.63, 3.8) is 0 Å².